The Labute approximate surface area is 191 Å². The molecule has 0 aromatic heterocycles. The Balaban J connectivity index is 1.56. The molecule has 2 atom stereocenters. The molecule has 2 aromatic carbocycles. The van der Waals surface area contributed by atoms with Gasteiger partial charge in [-0.25, -0.2) is 4.39 Å². The van der Waals surface area contributed by atoms with Crippen molar-refractivity contribution in [2.45, 2.75) is 18.5 Å². The molecule has 172 valence electrons. The van der Waals surface area contributed by atoms with Gasteiger partial charge in [-0.3, -0.25) is 4.79 Å². The summed E-state index contributed by atoms with van der Waals surface area (Å²) in [4.78, 5) is 15.1. The summed E-state index contributed by atoms with van der Waals surface area (Å²) in [6.45, 7) is 2.79. The van der Waals surface area contributed by atoms with E-state index in [4.69, 9.17) is 16.3 Å². The second kappa shape index (κ2) is 9.32. The van der Waals surface area contributed by atoms with E-state index in [2.05, 4.69) is 14.9 Å². The number of ether oxygens (including phenoxy) is 1. The first-order valence-corrected chi connectivity index (χ1v) is 12.0. The highest BCUT2D eigenvalue weighted by Gasteiger charge is 2.40. The molecule has 32 heavy (non-hydrogen) atoms. The molecule has 0 radical (unpaired) electrons. The summed E-state index contributed by atoms with van der Waals surface area (Å²) < 4.78 is 48.0. The molecule has 2 aliphatic rings. The lowest BCUT2D eigenvalue weighted by molar-refractivity contribution is -0.120. The number of carbonyl (C=O) groups is 1. The molecule has 2 N–H and O–H groups in total. The number of hydrogen-bond donors (Lipinski definition) is 2. The minimum absolute atomic E-state index is 0.133. The highest BCUT2D eigenvalue weighted by atomic mass is 35.5. The Morgan fingerprint density at radius 3 is 2.69 bits per heavy atom. The monoisotopic (exact) mass is 482 g/mol. The van der Waals surface area contributed by atoms with Crippen molar-refractivity contribution in [1.29, 1.82) is 0 Å². The Bertz CT molecular complexity index is 1110. The lowest BCUT2D eigenvalue weighted by Gasteiger charge is -2.36. The van der Waals surface area contributed by atoms with Crippen LogP contribution in [0.25, 0.3) is 0 Å². The first-order chi connectivity index (χ1) is 15.2. The van der Waals surface area contributed by atoms with Gasteiger partial charge in [0.1, 0.15) is 11.9 Å². The van der Waals surface area contributed by atoms with Gasteiger partial charge in [-0.2, -0.15) is 17.4 Å². The van der Waals surface area contributed by atoms with Crippen molar-refractivity contribution < 1.29 is 22.3 Å². The molecular formula is C21H24ClFN4O4S. The number of hydrogen-bond acceptors (Lipinski definition) is 5. The highest BCUT2D eigenvalue weighted by molar-refractivity contribution is 7.87. The predicted molar refractivity (Wildman–Crippen MR) is 120 cm³/mol. The van der Waals surface area contributed by atoms with Gasteiger partial charge in [-0.1, -0.05) is 23.7 Å². The first kappa shape index (κ1) is 22.9. The van der Waals surface area contributed by atoms with Crippen LogP contribution in [0.4, 0.5) is 15.8 Å². The van der Waals surface area contributed by atoms with E-state index in [1.807, 2.05) is 24.3 Å². The van der Waals surface area contributed by atoms with Crippen LogP contribution in [0.2, 0.25) is 5.02 Å². The number of halogens is 2. The second-order valence-corrected chi connectivity index (χ2v) is 9.92. The van der Waals surface area contributed by atoms with Gasteiger partial charge in [-0.05, 0) is 42.3 Å². The number of morpholine rings is 1. The van der Waals surface area contributed by atoms with Gasteiger partial charge in [-0.15, -0.1) is 0 Å². The molecule has 0 saturated carbocycles. The highest BCUT2D eigenvalue weighted by Crippen LogP contribution is 2.31. The lowest BCUT2D eigenvalue weighted by Crippen LogP contribution is -2.55. The topological polar surface area (TPSA) is 91.0 Å². The standard InChI is InChI=1S/C21H24ClFN4O4S/c1-26-20(21(28)24-15-5-6-18(23)17(22)12-15)13-19(25-32(26,29)30)14-3-2-4-16(11-14)27-7-9-31-10-8-27/h2-6,11-12,19-20,25H,7-10,13H2,1H3,(H,24,28)/t19-,20+/m1/s1. The van der Waals surface area contributed by atoms with Gasteiger partial charge in [0, 0.05) is 37.6 Å². The molecule has 2 aromatic rings. The molecule has 2 heterocycles. The SMILES string of the molecule is CN1[C@H](C(=O)Nc2ccc(F)c(Cl)c2)C[C@H](c2cccc(N3CCOCC3)c2)NS1(=O)=O. The van der Waals surface area contributed by atoms with Crippen molar-refractivity contribution in [3.05, 3.63) is 58.9 Å². The van der Waals surface area contributed by atoms with E-state index in [1.54, 1.807) is 0 Å². The summed E-state index contributed by atoms with van der Waals surface area (Å²) in [5.74, 6) is -1.12. The second-order valence-electron chi connectivity index (χ2n) is 7.76. The van der Waals surface area contributed by atoms with Crippen molar-refractivity contribution in [2.24, 2.45) is 0 Å². The Kier molecular flexibility index (Phi) is 6.68. The molecule has 0 bridgehead atoms. The summed E-state index contributed by atoms with van der Waals surface area (Å²) in [5.41, 5.74) is 2.04. The van der Waals surface area contributed by atoms with Crippen LogP contribution in [-0.2, 0) is 19.7 Å². The zero-order valence-electron chi connectivity index (χ0n) is 17.4. The van der Waals surface area contributed by atoms with E-state index in [0.717, 1.165) is 34.7 Å². The first-order valence-electron chi connectivity index (χ1n) is 10.2. The summed E-state index contributed by atoms with van der Waals surface area (Å²) >= 11 is 5.78. The number of benzene rings is 2. The fourth-order valence-corrected chi connectivity index (χ4v) is 5.34. The number of rotatable bonds is 4. The number of nitrogens with one attached hydrogen (secondary N) is 2. The van der Waals surface area contributed by atoms with E-state index < -0.39 is 34.0 Å². The Morgan fingerprint density at radius 1 is 1.22 bits per heavy atom. The molecule has 2 fully saturated rings. The molecule has 0 aliphatic carbocycles. The molecule has 1 amide bonds. The normalized spacial score (nSPS) is 23.7. The van der Waals surface area contributed by atoms with E-state index >= 15 is 0 Å². The van der Waals surface area contributed by atoms with Crippen molar-refractivity contribution in [3.8, 4) is 0 Å². The fourth-order valence-electron chi connectivity index (χ4n) is 3.89. The zero-order chi connectivity index (χ0) is 22.9. The third-order valence-electron chi connectivity index (χ3n) is 5.71. The molecule has 8 nitrogen and oxygen atoms in total. The zero-order valence-corrected chi connectivity index (χ0v) is 19.0. The molecule has 2 aliphatic heterocycles. The summed E-state index contributed by atoms with van der Waals surface area (Å²) in [6.07, 6.45) is 0.225. The van der Waals surface area contributed by atoms with Crippen LogP contribution in [0.1, 0.15) is 18.0 Å². The molecule has 0 spiro atoms. The average molecular weight is 483 g/mol. The number of anilines is 2. The Morgan fingerprint density at radius 2 is 1.97 bits per heavy atom. The van der Waals surface area contributed by atoms with Crippen molar-refractivity contribution in [2.75, 3.05) is 43.6 Å². The third kappa shape index (κ3) is 4.89. The molecular weight excluding hydrogens is 459 g/mol. The summed E-state index contributed by atoms with van der Waals surface area (Å²) in [5, 5.41) is 2.50. The third-order valence-corrected chi connectivity index (χ3v) is 7.59. The number of amides is 1. The lowest BCUT2D eigenvalue weighted by atomic mass is 9.98. The fraction of sp³-hybridized carbons (Fsp3) is 0.381. The summed E-state index contributed by atoms with van der Waals surface area (Å²) in [7, 11) is -2.54. The summed E-state index contributed by atoms with van der Waals surface area (Å²) in [6, 6.07) is 9.90. The minimum atomic E-state index is -3.90. The van der Waals surface area contributed by atoms with Crippen molar-refractivity contribution in [1.82, 2.24) is 9.03 Å². The van der Waals surface area contributed by atoms with E-state index in [0.29, 0.717) is 13.2 Å². The molecule has 4 rings (SSSR count). The largest absolute Gasteiger partial charge is 0.378 e. The smallest absolute Gasteiger partial charge is 0.280 e. The van der Waals surface area contributed by atoms with Gasteiger partial charge in [0.25, 0.3) is 10.2 Å². The van der Waals surface area contributed by atoms with Crippen LogP contribution in [0, 0.1) is 5.82 Å². The molecule has 2 saturated heterocycles. The average Bonchev–Trinajstić information content (AvgIpc) is 2.78. The number of carbonyl (C=O) groups excluding carboxylic acids is 1. The van der Waals surface area contributed by atoms with Gasteiger partial charge >= 0.3 is 0 Å². The van der Waals surface area contributed by atoms with Gasteiger partial charge in [0.15, 0.2) is 0 Å². The van der Waals surface area contributed by atoms with Crippen LogP contribution in [0.5, 0.6) is 0 Å². The van der Waals surface area contributed by atoms with Crippen LogP contribution >= 0.6 is 11.6 Å². The van der Waals surface area contributed by atoms with Crippen LogP contribution in [0.15, 0.2) is 42.5 Å². The molecule has 0 unspecified atom stereocenters. The van der Waals surface area contributed by atoms with E-state index in [-0.39, 0.29) is 17.1 Å². The number of nitrogens with zero attached hydrogens (tertiary/aromatic N) is 2. The van der Waals surface area contributed by atoms with Gasteiger partial charge in [0.2, 0.25) is 5.91 Å². The predicted octanol–water partition coefficient (Wildman–Crippen LogP) is 2.53. The maximum Gasteiger partial charge on any atom is 0.280 e. The van der Waals surface area contributed by atoms with Crippen molar-refractivity contribution in [3.63, 3.8) is 0 Å². The van der Waals surface area contributed by atoms with Crippen LogP contribution < -0.4 is 14.9 Å². The van der Waals surface area contributed by atoms with Crippen molar-refractivity contribution >= 4 is 39.1 Å². The Hall–Kier alpha value is -2.24. The quantitative estimate of drug-likeness (QED) is 0.699. The van der Waals surface area contributed by atoms with E-state index in [9.17, 15) is 17.6 Å². The van der Waals surface area contributed by atoms with Crippen LogP contribution in [0.3, 0.4) is 0 Å². The van der Waals surface area contributed by atoms with Gasteiger partial charge in [0.05, 0.1) is 18.2 Å². The maximum atomic E-state index is 13.4. The van der Waals surface area contributed by atoms with Gasteiger partial charge < -0.3 is 15.0 Å². The molecule has 11 heteroatoms. The van der Waals surface area contributed by atoms with Crippen LogP contribution in [-0.4, -0.2) is 58.0 Å². The maximum absolute atomic E-state index is 13.4. The number of likely N-dealkylation sites (N-methyl/N-ethyl adjacent to an activating group) is 1. The minimum Gasteiger partial charge on any atom is -0.378 e. The van der Waals surface area contributed by atoms with E-state index in [1.165, 1.54) is 19.2 Å².